The monoisotopic (exact) mass is 266 g/mol. The van der Waals surface area contributed by atoms with Crippen molar-refractivity contribution in [3.8, 4) is 10.6 Å². The molecule has 0 bridgehead atoms. The molecule has 1 aromatic heterocycles. The van der Waals surface area contributed by atoms with Crippen LogP contribution in [0.2, 0.25) is 0 Å². The first-order valence-corrected chi connectivity index (χ1v) is 6.67. The molecular weight excluding hydrogens is 254 g/mol. The highest BCUT2D eigenvalue weighted by molar-refractivity contribution is 7.15. The average molecular weight is 266 g/mol. The van der Waals surface area contributed by atoms with Crippen LogP contribution in [0, 0.1) is 11.6 Å². The van der Waals surface area contributed by atoms with Gasteiger partial charge in [-0.05, 0) is 37.5 Å². The third kappa shape index (κ3) is 1.93. The van der Waals surface area contributed by atoms with Gasteiger partial charge in [0.25, 0.3) is 0 Å². The van der Waals surface area contributed by atoms with Gasteiger partial charge in [0.1, 0.15) is 5.01 Å². The predicted octanol–water partition coefficient (Wildman–Crippen LogP) is 3.42. The van der Waals surface area contributed by atoms with Crippen molar-refractivity contribution in [3.63, 3.8) is 0 Å². The number of fused-ring (bicyclic) bond motifs is 1. The molecule has 0 radical (unpaired) electrons. The lowest BCUT2D eigenvalue weighted by Gasteiger charge is -2.15. The molecule has 1 aliphatic carbocycles. The summed E-state index contributed by atoms with van der Waals surface area (Å²) in [5, 5.41) is 0.719. The van der Waals surface area contributed by atoms with Crippen molar-refractivity contribution in [3.05, 3.63) is 40.4 Å². The number of hydrogen-bond acceptors (Lipinski definition) is 3. The third-order valence-electron chi connectivity index (χ3n) is 3.16. The van der Waals surface area contributed by atoms with Gasteiger partial charge in [0.2, 0.25) is 0 Å². The number of nitrogens with zero attached hydrogens (tertiary/aromatic N) is 1. The molecule has 18 heavy (non-hydrogen) atoms. The zero-order valence-electron chi connectivity index (χ0n) is 9.62. The molecule has 1 heterocycles. The first kappa shape index (κ1) is 11.7. The summed E-state index contributed by atoms with van der Waals surface area (Å²) >= 11 is 1.53. The Labute approximate surface area is 107 Å². The van der Waals surface area contributed by atoms with Crippen LogP contribution in [0.5, 0.6) is 0 Å². The minimum atomic E-state index is -0.843. The summed E-state index contributed by atoms with van der Waals surface area (Å²) in [5.74, 6) is -1.68. The zero-order chi connectivity index (χ0) is 12.7. The number of aromatic nitrogens is 1. The van der Waals surface area contributed by atoms with Crippen LogP contribution in [-0.2, 0) is 6.42 Å². The highest BCUT2D eigenvalue weighted by atomic mass is 32.1. The van der Waals surface area contributed by atoms with Crippen molar-refractivity contribution in [2.45, 2.75) is 25.3 Å². The van der Waals surface area contributed by atoms with E-state index in [9.17, 15) is 8.78 Å². The van der Waals surface area contributed by atoms with Gasteiger partial charge in [0.05, 0.1) is 5.69 Å². The SMILES string of the molecule is NC1CCCc2sc(-c3ccc(F)c(F)c3)nc21. The van der Waals surface area contributed by atoms with E-state index >= 15 is 0 Å². The molecule has 0 fully saturated rings. The van der Waals surface area contributed by atoms with E-state index in [2.05, 4.69) is 4.98 Å². The fourth-order valence-electron chi connectivity index (χ4n) is 2.20. The smallest absolute Gasteiger partial charge is 0.159 e. The van der Waals surface area contributed by atoms with Crippen LogP contribution in [0.4, 0.5) is 8.78 Å². The molecule has 2 N–H and O–H groups in total. The van der Waals surface area contributed by atoms with Crippen molar-refractivity contribution < 1.29 is 8.78 Å². The first-order valence-electron chi connectivity index (χ1n) is 5.86. The van der Waals surface area contributed by atoms with E-state index in [4.69, 9.17) is 5.73 Å². The van der Waals surface area contributed by atoms with Gasteiger partial charge in [-0.3, -0.25) is 0 Å². The number of hydrogen-bond donors (Lipinski definition) is 1. The molecule has 0 saturated heterocycles. The fourth-order valence-corrected chi connectivity index (χ4v) is 3.37. The lowest BCUT2D eigenvalue weighted by molar-refractivity contribution is 0.509. The molecular formula is C13H12F2N2S. The summed E-state index contributed by atoms with van der Waals surface area (Å²) in [6.07, 6.45) is 2.98. The molecule has 0 aliphatic heterocycles. The van der Waals surface area contributed by atoms with Crippen molar-refractivity contribution in [1.29, 1.82) is 0 Å². The largest absolute Gasteiger partial charge is 0.323 e. The summed E-state index contributed by atoms with van der Waals surface area (Å²) < 4.78 is 26.1. The second kappa shape index (κ2) is 4.40. The van der Waals surface area contributed by atoms with Gasteiger partial charge in [0.15, 0.2) is 11.6 Å². The Morgan fingerprint density at radius 2 is 2.11 bits per heavy atom. The summed E-state index contributed by atoms with van der Waals surface area (Å²) in [5.41, 5.74) is 7.54. The highest BCUT2D eigenvalue weighted by Crippen LogP contribution is 2.36. The molecule has 1 unspecified atom stereocenters. The van der Waals surface area contributed by atoms with Crippen molar-refractivity contribution in [2.75, 3.05) is 0 Å². The summed E-state index contributed by atoms with van der Waals surface area (Å²) in [4.78, 5) is 5.65. The summed E-state index contributed by atoms with van der Waals surface area (Å²) in [7, 11) is 0. The molecule has 5 heteroatoms. The van der Waals surface area contributed by atoms with Crippen LogP contribution in [-0.4, -0.2) is 4.98 Å². The minimum Gasteiger partial charge on any atom is -0.323 e. The van der Waals surface area contributed by atoms with E-state index in [-0.39, 0.29) is 6.04 Å². The second-order valence-corrected chi connectivity index (χ2v) is 5.54. The van der Waals surface area contributed by atoms with E-state index in [0.717, 1.165) is 36.0 Å². The van der Waals surface area contributed by atoms with Gasteiger partial charge in [-0.25, -0.2) is 13.8 Å². The van der Waals surface area contributed by atoms with Gasteiger partial charge in [-0.1, -0.05) is 0 Å². The van der Waals surface area contributed by atoms with Crippen LogP contribution >= 0.6 is 11.3 Å². The van der Waals surface area contributed by atoms with Crippen LogP contribution in [0.15, 0.2) is 18.2 Å². The van der Waals surface area contributed by atoms with Gasteiger partial charge < -0.3 is 5.73 Å². The van der Waals surface area contributed by atoms with Crippen LogP contribution < -0.4 is 5.73 Å². The number of aryl methyl sites for hydroxylation is 1. The standard InChI is InChI=1S/C13H12F2N2S/c14-8-5-4-7(6-9(8)15)13-17-12-10(16)2-1-3-11(12)18-13/h4-6,10H,1-3,16H2. The van der Waals surface area contributed by atoms with Crippen LogP contribution in [0.1, 0.15) is 29.5 Å². The molecule has 2 aromatic rings. The maximum absolute atomic E-state index is 13.2. The Bertz CT molecular complexity index is 595. The zero-order valence-corrected chi connectivity index (χ0v) is 10.4. The molecule has 1 atom stereocenters. The second-order valence-electron chi connectivity index (χ2n) is 4.46. The van der Waals surface area contributed by atoms with E-state index < -0.39 is 11.6 Å². The lowest BCUT2D eigenvalue weighted by atomic mass is 9.99. The Hall–Kier alpha value is -1.33. The Morgan fingerprint density at radius 1 is 1.28 bits per heavy atom. The van der Waals surface area contributed by atoms with E-state index in [1.807, 2.05) is 0 Å². The summed E-state index contributed by atoms with van der Waals surface area (Å²) in [6, 6.07) is 3.84. The average Bonchev–Trinajstić information content (AvgIpc) is 2.78. The number of thiazole rings is 1. The normalized spacial score (nSPS) is 18.7. The number of rotatable bonds is 1. The number of nitrogens with two attached hydrogens (primary N) is 1. The van der Waals surface area contributed by atoms with Crippen molar-refractivity contribution >= 4 is 11.3 Å². The first-order chi connectivity index (χ1) is 8.65. The van der Waals surface area contributed by atoms with Crippen LogP contribution in [0.3, 0.4) is 0 Å². The number of halogens is 2. The predicted molar refractivity (Wildman–Crippen MR) is 67.3 cm³/mol. The van der Waals surface area contributed by atoms with Gasteiger partial charge in [-0.15, -0.1) is 11.3 Å². The minimum absolute atomic E-state index is 0.0240. The molecule has 3 rings (SSSR count). The third-order valence-corrected chi connectivity index (χ3v) is 4.34. The topological polar surface area (TPSA) is 38.9 Å². The van der Waals surface area contributed by atoms with E-state index in [1.54, 1.807) is 6.07 Å². The van der Waals surface area contributed by atoms with E-state index in [1.165, 1.54) is 22.3 Å². The molecule has 0 amide bonds. The highest BCUT2D eigenvalue weighted by Gasteiger charge is 2.22. The Morgan fingerprint density at radius 3 is 2.83 bits per heavy atom. The number of benzene rings is 1. The summed E-state index contributed by atoms with van der Waals surface area (Å²) in [6.45, 7) is 0. The Kier molecular flexibility index (Phi) is 2.87. The van der Waals surface area contributed by atoms with Gasteiger partial charge in [0, 0.05) is 16.5 Å². The molecule has 0 saturated carbocycles. The molecule has 2 nitrogen and oxygen atoms in total. The maximum atomic E-state index is 13.2. The lowest BCUT2D eigenvalue weighted by Crippen LogP contribution is -2.16. The maximum Gasteiger partial charge on any atom is 0.159 e. The Balaban J connectivity index is 2.04. The van der Waals surface area contributed by atoms with Crippen LogP contribution in [0.25, 0.3) is 10.6 Å². The van der Waals surface area contributed by atoms with Crippen molar-refractivity contribution in [2.24, 2.45) is 5.73 Å². The quantitative estimate of drug-likeness (QED) is 0.859. The van der Waals surface area contributed by atoms with E-state index in [0.29, 0.717) is 5.56 Å². The molecule has 94 valence electrons. The molecule has 0 spiro atoms. The molecule has 1 aromatic carbocycles. The van der Waals surface area contributed by atoms with Gasteiger partial charge >= 0.3 is 0 Å². The fraction of sp³-hybridized carbons (Fsp3) is 0.308. The van der Waals surface area contributed by atoms with Crippen molar-refractivity contribution in [1.82, 2.24) is 4.98 Å². The van der Waals surface area contributed by atoms with Gasteiger partial charge in [-0.2, -0.15) is 0 Å². The molecule has 1 aliphatic rings.